The Bertz CT molecular complexity index is 1560. The number of hydrogen-bond acceptors (Lipinski definition) is 6. The lowest BCUT2D eigenvalue weighted by Crippen LogP contribution is -1.94. The first-order valence-corrected chi connectivity index (χ1v) is 12.3. The lowest BCUT2D eigenvalue weighted by molar-refractivity contribution is 0.483. The first kappa shape index (κ1) is 21.8. The van der Waals surface area contributed by atoms with E-state index in [0.29, 0.717) is 0 Å². The van der Waals surface area contributed by atoms with E-state index in [9.17, 15) is 0 Å². The smallest absolute Gasteiger partial charge is 0.187 e. The van der Waals surface area contributed by atoms with Crippen LogP contribution in [0.15, 0.2) is 121 Å². The van der Waals surface area contributed by atoms with Gasteiger partial charge in [-0.25, -0.2) is 9.67 Å². The van der Waals surface area contributed by atoms with Gasteiger partial charge in [0.1, 0.15) is 17.2 Å². The molecule has 0 amide bonds. The Labute approximate surface area is 212 Å². The minimum absolute atomic E-state index is 0.787. The van der Waals surface area contributed by atoms with Crippen LogP contribution in [0.25, 0.3) is 28.2 Å². The first-order chi connectivity index (χ1) is 17.8. The second-order valence-corrected chi connectivity index (χ2v) is 8.92. The predicted molar refractivity (Wildman–Crippen MR) is 144 cm³/mol. The van der Waals surface area contributed by atoms with Crippen LogP contribution in [0.1, 0.15) is 0 Å². The SMILES string of the molecule is c1ccc(Oc2ccc(Nc3nc(-c4ccc(-n5cc(-c6ccccc6)nn5)cc4)cs3)cc2)cc1. The maximum Gasteiger partial charge on any atom is 0.187 e. The molecule has 0 aliphatic heterocycles. The molecule has 0 unspecified atom stereocenters. The monoisotopic (exact) mass is 487 g/mol. The minimum atomic E-state index is 0.787. The van der Waals surface area contributed by atoms with E-state index in [2.05, 4.69) is 15.6 Å². The van der Waals surface area contributed by atoms with Crippen LogP contribution >= 0.6 is 11.3 Å². The summed E-state index contributed by atoms with van der Waals surface area (Å²) in [5.74, 6) is 1.60. The third-order valence-corrected chi connectivity index (χ3v) is 6.34. The van der Waals surface area contributed by atoms with Gasteiger partial charge < -0.3 is 10.1 Å². The van der Waals surface area contributed by atoms with E-state index in [0.717, 1.165) is 50.5 Å². The molecule has 7 heteroatoms. The number of anilines is 2. The fraction of sp³-hybridized carbons (Fsp3) is 0. The molecular weight excluding hydrogens is 466 g/mol. The number of nitrogens with zero attached hydrogens (tertiary/aromatic N) is 4. The van der Waals surface area contributed by atoms with E-state index in [-0.39, 0.29) is 0 Å². The van der Waals surface area contributed by atoms with Crippen molar-refractivity contribution in [2.24, 2.45) is 0 Å². The largest absolute Gasteiger partial charge is 0.457 e. The van der Waals surface area contributed by atoms with Gasteiger partial charge in [0.15, 0.2) is 5.13 Å². The molecule has 6 aromatic rings. The van der Waals surface area contributed by atoms with E-state index in [1.807, 2.05) is 121 Å². The zero-order valence-corrected chi connectivity index (χ0v) is 20.0. The number of para-hydroxylation sites is 1. The highest BCUT2D eigenvalue weighted by Crippen LogP contribution is 2.29. The molecular formula is C29H21N5OS. The zero-order chi connectivity index (χ0) is 24.2. The van der Waals surface area contributed by atoms with E-state index >= 15 is 0 Å². The van der Waals surface area contributed by atoms with Gasteiger partial charge in [0.2, 0.25) is 0 Å². The number of nitrogens with one attached hydrogen (secondary N) is 1. The molecule has 4 aromatic carbocycles. The Balaban J connectivity index is 1.12. The quantitative estimate of drug-likeness (QED) is 0.251. The number of benzene rings is 4. The number of hydrogen-bond donors (Lipinski definition) is 1. The Morgan fingerprint density at radius 2 is 1.33 bits per heavy atom. The molecule has 0 radical (unpaired) electrons. The molecule has 6 nitrogen and oxygen atoms in total. The highest BCUT2D eigenvalue weighted by molar-refractivity contribution is 7.14. The number of aromatic nitrogens is 4. The molecule has 0 atom stereocenters. The summed E-state index contributed by atoms with van der Waals surface area (Å²) in [6.45, 7) is 0. The highest BCUT2D eigenvalue weighted by Gasteiger charge is 2.08. The van der Waals surface area contributed by atoms with E-state index < -0.39 is 0 Å². The molecule has 0 spiro atoms. The van der Waals surface area contributed by atoms with Gasteiger partial charge in [0, 0.05) is 22.2 Å². The molecule has 2 aromatic heterocycles. The van der Waals surface area contributed by atoms with Crippen molar-refractivity contribution in [1.82, 2.24) is 20.0 Å². The lowest BCUT2D eigenvalue weighted by atomic mass is 10.1. The molecule has 0 aliphatic carbocycles. The molecule has 0 saturated heterocycles. The summed E-state index contributed by atoms with van der Waals surface area (Å²) in [7, 11) is 0. The van der Waals surface area contributed by atoms with Gasteiger partial charge in [-0.15, -0.1) is 16.4 Å². The fourth-order valence-electron chi connectivity index (χ4n) is 3.73. The lowest BCUT2D eigenvalue weighted by Gasteiger charge is -2.07. The highest BCUT2D eigenvalue weighted by atomic mass is 32.1. The van der Waals surface area contributed by atoms with Crippen molar-refractivity contribution in [2.45, 2.75) is 0 Å². The number of thiazole rings is 1. The van der Waals surface area contributed by atoms with Gasteiger partial charge in [-0.2, -0.15) is 0 Å². The summed E-state index contributed by atoms with van der Waals surface area (Å²) in [6, 6.07) is 35.8. The zero-order valence-electron chi connectivity index (χ0n) is 19.2. The average molecular weight is 488 g/mol. The summed E-state index contributed by atoms with van der Waals surface area (Å²) >= 11 is 1.57. The molecule has 0 aliphatic rings. The minimum Gasteiger partial charge on any atom is -0.457 e. The van der Waals surface area contributed by atoms with Gasteiger partial charge in [-0.1, -0.05) is 65.9 Å². The molecule has 0 bridgehead atoms. The van der Waals surface area contributed by atoms with Crippen LogP contribution in [0.2, 0.25) is 0 Å². The van der Waals surface area contributed by atoms with Crippen LogP contribution in [-0.4, -0.2) is 20.0 Å². The van der Waals surface area contributed by atoms with Crippen LogP contribution in [-0.2, 0) is 0 Å². The van der Waals surface area contributed by atoms with E-state index in [4.69, 9.17) is 9.72 Å². The maximum atomic E-state index is 5.86. The first-order valence-electron chi connectivity index (χ1n) is 11.4. The van der Waals surface area contributed by atoms with Gasteiger partial charge in [0.05, 0.1) is 17.6 Å². The summed E-state index contributed by atoms with van der Waals surface area (Å²) < 4.78 is 7.64. The van der Waals surface area contributed by atoms with Gasteiger partial charge >= 0.3 is 0 Å². The van der Waals surface area contributed by atoms with Crippen molar-refractivity contribution in [3.05, 3.63) is 121 Å². The molecule has 0 fully saturated rings. The Morgan fingerprint density at radius 1 is 0.667 bits per heavy atom. The van der Waals surface area contributed by atoms with Crippen molar-refractivity contribution in [3.63, 3.8) is 0 Å². The second-order valence-electron chi connectivity index (χ2n) is 8.06. The van der Waals surface area contributed by atoms with Crippen molar-refractivity contribution >= 4 is 22.2 Å². The van der Waals surface area contributed by atoms with E-state index in [1.54, 1.807) is 16.0 Å². The van der Waals surface area contributed by atoms with E-state index in [1.165, 1.54) is 0 Å². The molecule has 2 heterocycles. The van der Waals surface area contributed by atoms with Crippen molar-refractivity contribution in [3.8, 4) is 39.7 Å². The predicted octanol–water partition coefficient (Wildman–Crippen LogP) is 7.59. The van der Waals surface area contributed by atoms with Crippen LogP contribution in [0.4, 0.5) is 10.8 Å². The van der Waals surface area contributed by atoms with Crippen LogP contribution in [0.5, 0.6) is 11.5 Å². The topological polar surface area (TPSA) is 64.9 Å². The molecule has 174 valence electrons. The van der Waals surface area contributed by atoms with Crippen molar-refractivity contribution in [2.75, 3.05) is 5.32 Å². The average Bonchev–Trinajstić information content (AvgIpc) is 3.62. The third-order valence-electron chi connectivity index (χ3n) is 5.58. The second kappa shape index (κ2) is 9.85. The summed E-state index contributed by atoms with van der Waals surface area (Å²) in [5, 5.41) is 14.8. The normalized spacial score (nSPS) is 10.8. The fourth-order valence-corrected chi connectivity index (χ4v) is 4.47. The van der Waals surface area contributed by atoms with Gasteiger partial charge in [-0.05, 0) is 48.5 Å². The van der Waals surface area contributed by atoms with Crippen molar-refractivity contribution in [1.29, 1.82) is 0 Å². The Kier molecular flexibility index (Phi) is 5.96. The van der Waals surface area contributed by atoms with Crippen LogP contribution in [0, 0.1) is 0 Å². The standard InChI is InChI=1S/C29H21N5OS/c1-3-7-21(8-4-1)27-19-34(33-32-27)24-15-11-22(12-16-24)28-20-36-29(31-28)30-23-13-17-26(18-14-23)35-25-9-5-2-6-10-25/h1-20H,(H,30,31). The van der Waals surface area contributed by atoms with Crippen LogP contribution in [0.3, 0.4) is 0 Å². The summed E-state index contributed by atoms with van der Waals surface area (Å²) in [5.41, 5.74) is 5.74. The molecule has 6 rings (SSSR count). The summed E-state index contributed by atoms with van der Waals surface area (Å²) in [6.07, 6.45) is 1.94. The van der Waals surface area contributed by atoms with Gasteiger partial charge in [-0.3, -0.25) is 0 Å². The third kappa shape index (κ3) is 4.87. The Morgan fingerprint density at radius 3 is 2.08 bits per heavy atom. The number of ether oxygens (including phenoxy) is 1. The van der Waals surface area contributed by atoms with Gasteiger partial charge in [0.25, 0.3) is 0 Å². The molecule has 0 saturated carbocycles. The maximum absolute atomic E-state index is 5.86. The molecule has 36 heavy (non-hydrogen) atoms. The molecule has 1 N–H and O–H groups in total. The number of rotatable bonds is 7. The summed E-state index contributed by atoms with van der Waals surface area (Å²) in [4.78, 5) is 4.75. The van der Waals surface area contributed by atoms with Crippen LogP contribution < -0.4 is 10.1 Å². The Hall–Kier alpha value is -4.75. The van der Waals surface area contributed by atoms with Crippen molar-refractivity contribution < 1.29 is 4.74 Å².